The van der Waals surface area contributed by atoms with Crippen molar-refractivity contribution in [2.45, 2.75) is 6.10 Å². The van der Waals surface area contributed by atoms with Gasteiger partial charge in [0, 0.05) is 13.1 Å². The van der Waals surface area contributed by atoms with E-state index in [1.165, 1.54) is 11.0 Å². The van der Waals surface area contributed by atoms with Gasteiger partial charge in [0.25, 0.3) is 0 Å². The van der Waals surface area contributed by atoms with E-state index in [1.54, 1.807) is 13.1 Å². The Morgan fingerprint density at radius 3 is 2.29 bits per heavy atom. The van der Waals surface area contributed by atoms with Crippen molar-refractivity contribution in [1.82, 2.24) is 4.90 Å². The minimum absolute atomic E-state index is 0.131. The fourth-order valence-electron chi connectivity index (χ4n) is 1.99. The number of hydrogen-bond donors (Lipinski definition) is 1. The fraction of sp³-hybridized carbons (Fsp3) is 0.167. The van der Waals surface area contributed by atoms with E-state index >= 15 is 0 Å². The zero-order valence-corrected chi connectivity index (χ0v) is 12.0. The van der Waals surface area contributed by atoms with Crippen LogP contribution in [-0.2, 0) is 4.79 Å². The first-order valence-electron chi connectivity index (χ1n) is 6.88. The lowest BCUT2D eigenvalue weighted by Crippen LogP contribution is -2.29. The molecule has 0 aliphatic carbocycles. The molecule has 1 N–H and O–H groups in total. The summed E-state index contributed by atoms with van der Waals surface area (Å²) in [5.74, 6) is -0.131. The zero-order chi connectivity index (χ0) is 15.1. The molecule has 2 rings (SSSR count). The van der Waals surface area contributed by atoms with Gasteiger partial charge in [0.15, 0.2) is 0 Å². The van der Waals surface area contributed by atoms with E-state index < -0.39 is 6.10 Å². The number of amides is 1. The van der Waals surface area contributed by atoms with Crippen LogP contribution in [0.25, 0.3) is 6.08 Å². The number of aliphatic hydroxyl groups excluding tert-OH is 1. The van der Waals surface area contributed by atoms with Crippen LogP contribution in [0.5, 0.6) is 0 Å². The van der Waals surface area contributed by atoms with Gasteiger partial charge in [-0.2, -0.15) is 0 Å². The second-order valence-corrected chi connectivity index (χ2v) is 4.89. The van der Waals surface area contributed by atoms with Crippen LogP contribution in [0, 0.1) is 0 Å². The van der Waals surface area contributed by atoms with E-state index in [-0.39, 0.29) is 12.5 Å². The first kappa shape index (κ1) is 15.0. The molecule has 21 heavy (non-hydrogen) atoms. The largest absolute Gasteiger partial charge is 0.387 e. The molecule has 0 aliphatic rings. The van der Waals surface area contributed by atoms with Crippen LogP contribution in [-0.4, -0.2) is 29.5 Å². The summed E-state index contributed by atoms with van der Waals surface area (Å²) in [6.07, 6.45) is 2.62. The van der Waals surface area contributed by atoms with Gasteiger partial charge in [-0.3, -0.25) is 4.79 Å². The van der Waals surface area contributed by atoms with Crippen LogP contribution in [0.15, 0.2) is 66.7 Å². The molecule has 0 fully saturated rings. The summed E-state index contributed by atoms with van der Waals surface area (Å²) in [7, 11) is 1.68. The molecule has 2 aromatic rings. The lowest BCUT2D eigenvalue weighted by Gasteiger charge is -2.19. The van der Waals surface area contributed by atoms with Crippen molar-refractivity contribution in [1.29, 1.82) is 0 Å². The molecule has 3 nitrogen and oxygen atoms in total. The average Bonchev–Trinajstić information content (AvgIpc) is 2.54. The van der Waals surface area contributed by atoms with Crippen molar-refractivity contribution in [2.24, 2.45) is 0 Å². The second kappa shape index (κ2) is 7.41. The Balaban J connectivity index is 1.92. The predicted molar refractivity (Wildman–Crippen MR) is 84.5 cm³/mol. The molecule has 1 atom stereocenters. The summed E-state index contributed by atoms with van der Waals surface area (Å²) in [5, 5.41) is 10.1. The quantitative estimate of drug-likeness (QED) is 0.856. The SMILES string of the molecule is CN(CC(O)c1ccccc1)C(=O)C=Cc1ccccc1. The predicted octanol–water partition coefficient (Wildman–Crippen LogP) is 2.89. The number of rotatable bonds is 5. The average molecular weight is 281 g/mol. The van der Waals surface area contributed by atoms with Gasteiger partial charge in [0.05, 0.1) is 12.6 Å². The third-order valence-corrected chi connectivity index (χ3v) is 3.23. The van der Waals surface area contributed by atoms with Crippen LogP contribution in [0.3, 0.4) is 0 Å². The fourth-order valence-corrected chi connectivity index (χ4v) is 1.99. The zero-order valence-electron chi connectivity index (χ0n) is 12.0. The van der Waals surface area contributed by atoms with Gasteiger partial charge in [-0.25, -0.2) is 0 Å². The highest BCUT2D eigenvalue weighted by atomic mass is 16.3. The number of nitrogens with zero attached hydrogens (tertiary/aromatic N) is 1. The van der Waals surface area contributed by atoms with E-state index in [2.05, 4.69) is 0 Å². The molecule has 0 saturated carbocycles. The number of benzene rings is 2. The molecule has 0 heterocycles. The molecule has 0 aromatic heterocycles. The van der Waals surface area contributed by atoms with Crippen molar-refractivity contribution in [3.63, 3.8) is 0 Å². The van der Waals surface area contributed by atoms with Crippen molar-refractivity contribution < 1.29 is 9.90 Å². The summed E-state index contributed by atoms with van der Waals surface area (Å²) in [6.45, 7) is 0.266. The third-order valence-electron chi connectivity index (χ3n) is 3.23. The molecule has 0 radical (unpaired) electrons. The monoisotopic (exact) mass is 281 g/mol. The Hall–Kier alpha value is -2.39. The van der Waals surface area contributed by atoms with Gasteiger partial charge in [0.1, 0.15) is 0 Å². The van der Waals surface area contributed by atoms with Crippen molar-refractivity contribution in [3.8, 4) is 0 Å². The molecular weight excluding hydrogens is 262 g/mol. The maximum atomic E-state index is 12.0. The lowest BCUT2D eigenvalue weighted by molar-refractivity contribution is -0.126. The molecule has 2 aromatic carbocycles. The van der Waals surface area contributed by atoms with Gasteiger partial charge in [0.2, 0.25) is 5.91 Å². The molecule has 0 aliphatic heterocycles. The molecule has 0 bridgehead atoms. The van der Waals surface area contributed by atoms with Crippen molar-refractivity contribution in [3.05, 3.63) is 77.9 Å². The van der Waals surface area contributed by atoms with Gasteiger partial charge in [-0.15, -0.1) is 0 Å². The maximum Gasteiger partial charge on any atom is 0.246 e. The number of carbonyl (C=O) groups is 1. The van der Waals surface area contributed by atoms with Crippen LogP contribution in [0.1, 0.15) is 17.2 Å². The normalized spacial score (nSPS) is 12.3. The number of hydrogen-bond acceptors (Lipinski definition) is 2. The summed E-state index contributed by atoms with van der Waals surface area (Å²) in [6, 6.07) is 19.0. The minimum Gasteiger partial charge on any atom is -0.387 e. The first-order chi connectivity index (χ1) is 10.2. The summed E-state index contributed by atoms with van der Waals surface area (Å²) < 4.78 is 0. The Morgan fingerprint density at radius 1 is 1.10 bits per heavy atom. The van der Waals surface area contributed by atoms with E-state index in [4.69, 9.17) is 0 Å². The van der Waals surface area contributed by atoms with E-state index in [0.717, 1.165) is 11.1 Å². The maximum absolute atomic E-state index is 12.0. The van der Waals surface area contributed by atoms with Gasteiger partial charge in [-0.05, 0) is 17.2 Å². The standard InChI is InChI=1S/C18H19NO2/c1-19(14-17(20)16-10-6-3-7-11-16)18(21)13-12-15-8-4-2-5-9-15/h2-13,17,20H,14H2,1H3. The first-order valence-corrected chi connectivity index (χ1v) is 6.88. The molecule has 3 heteroatoms. The second-order valence-electron chi connectivity index (χ2n) is 4.89. The summed E-state index contributed by atoms with van der Waals surface area (Å²) >= 11 is 0. The van der Waals surface area contributed by atoms with Gasteiger partial charge in [-0.1, -0.05) is 60.7 Å². The molecular formula is C18H19NO2. The summed E-state index contributed by atoms with van der Waals surface area (Å²) in [5.41, 5.74) is 1.78. The number of likely N-dealkylation sites (N-methyl/N-ethyl adjacent to an activating group) is 1. The molecule has 1 unspecified atom stereocenters. The topological polar surface area (TPSA) is 40.5 Å². The highest BCUT2D eigenvalue weighted by Gasteiger charge is 2.12. The van der Waals surface area contributed by atoms with Gasteiger partial charge >= 0.3 is 0 Å². The smallest absolute Gasteiger partial charge is 0.246 e. The molecule has 108 valence electrons. The number of aliphatic hydroxyl groups is 1. The number of carbonyl (C=O) groups excluding carboxylic acids is 1. The highest BCUT2D eigenvalue weighted by molar-refractivity contribution is 5.91. The Bertz CT molecular complexity index is 593. The molecule has 1 amide bonds. The highest BCUT2D eigenvalue weighted by Crippen LogP contribution is 2.13. The van der Waals surface area contributed by atoms with Crippen LogP contribution >= 0.6 is 0 Å². The summed E-state index contributed by atoms with van der Waals surface area (Å²) in [4.78, 5) is 13.5. The molecule has 0 spiro atoms. The van der Waals surface area contributed by atoms with Crippen LogP contribution in [0.4, 0.5) is 0 Å². The van der Waals surface area contributed by atoms with Crippen molar-refractivity contribution >= 4 is 12.0 Å². The van der Waals surface area contributed by atoms with Crippen LogP contribution < -0.4 is 0 Å². The minimum atomic E-state index is -0.676. The van der Waals surface area contributed by atoms with Gasteiger partial charge < -0.3 is 10.0 Å². The molecule has 0 saturated heterocycles. The van der Waals surface area contributed by atoms with Crippen molar-refractivity contribution in [2.75, 3.05) is 13.6 Å². The van der Waals surface area contributed by atoms with E-state index in [9.17, 15) is 9.90 Å². The lowest BCUT2D eigenvalue weighted by atomic mass is 10.1. The van der Waals surface area contributed by atoms with E-state index in [0.29, 0.717) is 0 Å². The third kappa shape index (κ3) is 4.58. The Labute approximate surface area is 125 Å². The van der Waals surface area contributed by atoms with Crippen LogP contribution in [0.2, 0.25) is 0 Å². The Morgan fingerprint density at radius 2 is 1.67 bits per heavy atom. The van der Waals surface area contributed by atoms with E-state index in [1.807, 2.05) is 60.7 Å². The Kier molecular flexibility index (Phi) is 5.29.